The second-order valence-corrected chi connectivity index (χ2v) is 8.55. The van der Waals surface area contributed by atoms with Crippen molar-refractivity contribution in [2.24, 2.45) is 5.41 Å². The molecule has 33 heavy (non-hydrogen) atoms. The van der Waals surface area contributed by atoms with Gasteiger partial charge in [-0.3, -0.25) is 9.59 Å². The molecule has 0 radical (unpaired) electrons. The number of nitrogens with one attached hydrogen (secondary N) is 1. The molecule has 174 valence electrons. The number of benzene rings is 2. The van der Waals surface area contributed by atoms with E-state index in [0.29, 0.717) is 48.7 Å². The molecule has 0 atom stereocenters. The Labute approximate surface area is 196 Å². The standard InChI is InChI=1S/C24H25ClFN3O4/c25-19-3-6-21(18(11-19)13-28-14-23(31)32)33-15-22(30)29-9-7-24(16-27,8-10-29)12-17-1-4-20(26)5-2-17/h1-6,11,28H,7-10,12-15H2,(H,31,32). The molecule has 0 aliphatic carbocycles. The Balaban J connectivity index is 1.54. The first-order valence-corrected chi connectivity index (χ1v) is 11.0. The van der Waals surface area contributed by atoms with Gasteiger partial charge in [-0.25, -0.2) is 4.39 Å². The van der Waals surface area contributed by atoms with Crippen molar-refractivity contribution in [2.75, 3.05) is 26.2 Å². The van der Waals surface area contributed by atoms with Crippen LogP contribution >= 0.6 is 11.6 Å². The van der Waals surface area contributed by atoms with E-state index < -0.39 is 11.4 Å². The number of carboxylic acid groups (broad SMARTS) is 1. The summed E-state index contributed by atoms with van der Waals surface area (Å²) in [6, 6.07) is 13.5. The van der Waals surface area contributed by atoms with Crippen LogP contribution in [0.3, 0.4) is 0 Å². The molecule has 1 aliphatic rings. The number of nitriles is 1. The zero-order chi connectivity index (χ0) is 23.8. The first-order valence-electron chi connectivity index (χ1n) is 10.6. The highest BCUT2D eigenvalue weighted by molar-refractivity contribution is 6.30. The number of hydrogen-bond donors (Lipinski definition) is 2. The van der Waals surface area contributed by atoms with Crippen LogP contribution in [0, 0.1) is 22.6 Å². The van der Waals surface area contributed by atoms with E-state index in [2.05, 4.69) is 11.4 Å². The van der Waals surface area contributed by atoms with Gasteiger partial charge < -0.3 is 20.1 Å². The monoisotopic (exact) mass is 473 g/mol. The Kier molecular flexibility index (Phi) is 8.26. The quantitative estimate of drug-likeness (QED) is 0.578. The highest BCUT2D eigenvalue weighted by atomic mass is 35.5. The summed E-state index contributed by atoms with van der Waals surface area (Å²) in [6.45, 7) is 0.714. The molecule has 1 aliphatic heterocycles. The fourth-order valence-corrected chi connectivity index (χ4v) is 4.06. The number of halogens is 2. The second-order valence-electron chi connectivity index (χ2n) is 8.11. The highest BCUT2D eigenvalue weighted by Crippen LogP contribution is 2.34. The number of nitrogens with zero attached hydrogens (tertiary/aromatic N) is 2. The average Bonchev–Trinajstić information content (AvgIpc) is 2.80. The summed E-state index contributed by atoms with van der Waals surface area (Å²) in [6.07, 6.45) is 1.57. The van der Waals surface area contributed by atoms with Crippen molar-refractivity contribution >= 4 is 23.5 Å². The summed E-state index contributed by atoms with van der Waals surface area (Å²) < 4.78 is 18.9. The van der Waals surface area contributed by atoms with Gasteiger partial charge in [0.2, 0.25) is 0 Å². The largest absolute Gasteiger partial charge is 0.483 e. The number of carbonyl (C=O) groups is 2. The van der Waals surface area contributed by atoms with Crippen LogP contribution in [0.2, 0.25) is 5.02 Å². The SMILES string of the molecule is N#CC1(Cc2ccc(F)cc2)CCN(C(=O)COc2ccc(Cl)cc2CNCC(=O)O)CC1. The fraction of sp³-hybridized carbons (Fsp3) is 0.375. The number of rotatable bonds is 9. The minimum atomic E-state index is -0.979. The molecule has 0 aromatic heterocycles. The van der Waals surface area contributed by atoms with Gasteiger partial charge in [0.25, 0.3) is 5.91 Å². The van der Waals surface area contributed by atoms with Crippen LogP contribution in [-0.4, -0.2) is 48.1 Å². The number of hydrogen-bond acceptors (Lipinski definition) is 5. The summed E-state index contributed by atoms with van der Waals surface area (Å²) in [5, 5.41) is 21.8. The van der Waals surface area contributed by atoms with Gasteiger partial charge in [0.1, 0.15) is 11.6 Å². The number of aliphatic carboxylic acids is 1. The van der Waals surface area contributed by atoms with Crippen LogP contribution in [0.15, 0.2) is 42.5 Å². The van der Waals surface area contributed by atoms with Gasteiger partial charge in [-0.1, -0.05) is 23.7 Å². The van der Waals surface area contributed by atoms with Gasteiger partial charge in [-0.15, -0.1) is 0 Å². The first kappa shape index (κ1) is 24.5. The summed E-state index contributed by atoms with van der Waals surface area (Å²) in [5.41, 5.74) is 0.958. The normalized spacial score (nSPS) is 15.0. The smallest absolute Gasteiger partial charge is 0.317 e. The topological polar surface area (TPSA) is 103 Å². The minimum absolute atomic E-state index is 0.176. The summed E-state index contributed by atoms with van der Waals surface area (Å²) in [7, 11) is 0. The van der Waals surface area contributed by atoms with Crippen molar-refractivity contribution in [3.05, 3.63) is 64.4 Å². The molecule has 0 spiro atoms. The Bertz CT molecular complexity index is 1030. The second kappa shape index (κ2) is 11.1. The molecule has 1 saturated heterocycles. The van der Waals surface area contributed by atoms with E-state index in [-0.39, 0.29) is 31.4 Å². The molecule has 7 nitrogen and oxygen atoms in total. The molecule has 0 bridgehead atoms. The average molecular weight is 474 g/mol. The van der Waals surface area contributed by atoms with Crippen LogP contribution in [0.25, 0.3) is 0 Å². The number of carbonyl (C=O) groups excluding carboxylic acids is 1. The van der Waals surface area contributed by atoms with Crippen molar-refractivity contribution in [2.45, 2.75) is 25.8 Å². The Hall–Kier alpha value is -3.15. The summed E-state index contributed by atoms with van der Waals surface area (Å²) in [4.78, 5) is 25.1. The molecule has 1 amide bonds. The van der Waals surface area contributed by atoms with Crippen LogP contribution in [0.1, 0.15) is 24.0 Å². The lowest BCUT2D eigenvalue weighted by molar-refractivity contribution is -0.136. The Morgan fingerprint density at radius 1 is 1.21 bits per heavy atom. The summed E-state index contributed by atoms with van der Waals surface area (Å²) >= 11 is 6.03. The van der Waals surface area contributed by atoms with E-state index in [4.69, 9.17) is 21.4 Å². The molecule has 3 rings (SSSR count). The minimum Gasteiger partial charge on any atom is -0.483 e. The van der Waals surface area contributed by atoms with Crippen molar-refractivity contribution in [3.8, 4) is 11.8 Å². The van der Waals surface area contributed by atoms with E-state index in [1.165, 1.54) is 12.1 Å². The number of carboxylic acids is 1. The van der Waals surface area contributed by atoms with E-state index in [9.17, 15) is 19.2 Å². The van der Waals surface area contributed by atoms with Gasteiger partial charge in [0.05, 0.1) is 18.0 Å². The molecule has 1 fully saturated rings. The predicted octanol–water partition coefficient (Wildman–Crippen LogP) is 3.41. The van der Waals surface area contributed by atoms with Gasteiger partial charge in [-0.05, 0) is 55.2 Å². The van der Waals surface area contributed by atoms with E-state index >= 15 is 0 Å². The molecular weight excluding hydrogens is 449 g/mol. The maximum Gasteiger partial charge on any atom is 0.317 e. The number of likely N-dealkylation sites (tertiary alicyclic amines) is 1. The molecule has 0 saturated carbocycles. The van der Waals surface area contributed by atoms with Crippen LogP contribution < -0.4 is 10.1 Å². The Morgan fingerprint density at radius 3 is 2.55 bits per heavy atom. The number of piperidine rings is 1. The third-order valence-corrected chi connectivity index (χ3v) is 5.97. The maximum absolute atomic E-state index is 13.2. The third-order valence-electron chi connectivity index (χ3n) is 5.73. The number of amides is 1. The van der Waals surface area contributed by atoms with E-state index in [0.717, 1.165) is 5.56 Å². The van der Waals surface area contributed by atoms with Gasteiger partial charge in [0.15, 0.2) is 6.61 Å². The van der Waals surface area contributed by atoms with Crippen molar-refractivity contribution < 1.29 is 23.8 Å². The van der Waals surface area contributed by atoms with Crippen molar-refractivity contribution in [1.29, 1.82) is 5.26 Å². The van der Waals surface area contributed by atoms with E-state index in [1.807, 2.05) is 0 Å². The van der Waals surface area contributed by atoms with Gasteiger partial charge in [0, 0.05) is 30.2 Å². The molecule has 2 N–H and O–H groups in total. The van der Waals surface area contributed by atoms with E-state index in [1.54, 1.807) is 35.2 Å². The lowest BCUT2D eigenvalue weighted by atomic mass is 9.75. The first-order chi connectivity index (χ1) is 15.8. The van der Waals surface area contributed by atoms with Crippen molar-refractivity contribution in [3.63, 3.8) is 0 Å². The molecular formula is C24H25ClFN3O4. The zero-order valence-corrected chi connectivity index (χ0v) is 18.8. The van der Waals surface area contributed by atoms with Crippen molar-refractivity contribution in [1.82, 2.24) is 10.2 Å². The van der Waals surface area contributed by atoms with Crippen LogP contribution in [0.4, 0.5) is 4.39 Å². The maximum atomic E-state index is 13.2. The van der Waals surface area contributed by atoms with Crippen LogP contribution in [-0.2, 0) is 22.6 Å². The Morgan fingerprint density at radius 2 is 1.91 bits per heavy atom. The van der Waals surface area contributed by atoms with Gasteiger partial charge in [-0.2, -0.15) is 5.26 Å². The lowest BCUT2D eigenvalue weighted by Crippen LogP contribution is -2.45. The fourth-order valence-electron chi connectivity index (χ4n) is 3.87. The molecule has 2 aromatic rings. The predicted molar refractivity (Wildman–Crippen MR) is 120 cm³/mol. The molecule has 2 aromatic carbocycles. The molecule has 0 unspecified atom stereocenters. The molecule has 1 heterocycles. The number of ether oxygens (including phenoxy) is 1. The van der Waals surface area contributed by atoms with Crippen LogP contribution in [0.5, 0.6) is 5.75 Å². The summed E-state index contributed by atoms with van der Waals surface area (Å²) in [5.74, 6) is -1.03. The highest BCUT2D eigenvalue weighted by Gasteiger charge is 2.36. The molecule has 9 heteroatoms. The third kappa shape index (κ3) is 6.91. The zero-order valence-electron chi connectivity index (χ0n) is 18.0. The van der Waals surface area contributed by atoms with Gasteiger partial charge >= 0.3 is 5.97 Å². The lowest BCUT2D eigenvalue weighted by Gasteiger charge is -2.37.